The van der Waals surface area contributed by atoms with Crippen LogP contribution in [0.15, 0.2) is 48.5 Å². The van der Waals surface area contributed by atoms with Crippen LogP contribution in [0.2, 0.25) is 0 Å². The fourth-order valence-electron chi connectivity index (χ4n) is 3.68. The van der Waals surface area contributed by atoms with Crippen molar-refractivity contribution in [3.05, 3.63) is 59.7 Å². The maximum Gasteiger partial charge on any atom is 0.161 e. The SMILES string of the molecule is CCC[C@@H](c1ccc(OCc2ccccc2)c(OCC)c1)N1CCNCC1.Cl.Cl. The predicted octanol–water partition coefficient (Wildman–Crippen LogP) is 5.25. The third-order valence-corrected chi connectivity index (χ3v) is 5.04. The van der Waals surface area contributed by atoms with Gasteiger partial charge >= 0.3 is 0 Å². The molecule has 1 aliphatic heterocycles. The highest BCUT2D eigenvalue weighted by molar-refractivity contribution is 5.85. The van der Waals surface area contributed by atoms with Gasteiger partial charge in [-0.25, -0.2) is 0 Å². The minimum atomic E-state index is 0. The summed E-state index contributed by atoms with van der Waals surface area (Å²) in [5.41, 5.74) is 2.49. The highest BCUT2D eigenvalue weighted by Gasteiger charge is 2.22. The smallest absolute Gasteiger partial charge is 0.161 e. The summed E-state index contributed by atoms with van der Waals surface area (Å²) in [4.78, 5) is 2.59. The van der Waals surface area contributed by atoms with E-state index in [4.69, 9.17) is 9.47 Å². The molecule has 2 aromatic carbocycles. The molecule has 0 amide bonds. The number of nitrogens with zero attached hydrogens (tertiary/aromatic N) is 1. The summed E-state index contributed by atoms with van der Waals surface area (Å²) in [6.45, 7) is 9.80. The van der Waals surface area contributed by atoms with Crippen LogP contribution in [0.3, 0.4) is 0 Å². The number of nitrogens with one attached hydrogen (secondary N) is 1. The van der Waals surface area contributed by atoms with Gasteiger partial charge in [0.1, 0.15) is 6.61 Å². The van der Waals surface area contributed by atoms with Gasteiger partial charge in [0, 0.05) is 32.2 Å². The van der Waals surface area contributed by atoms with E-state index in [0.29, 0.717) is 19.3 Å². The molecule has 1 saturated heterocycles. The summed E-state index contributed by atoms with van der Waals surface area (Å²) >= 11 is 0. The first-order chi connectivity index (χ1) is 13.3. The fraction of sp³-hybridized carbons (Fsp3) is 0.478. The molecule has 3 rings (SSSR count). The summed E-state index contributed by atoms with van der Waals surface area (Å²) in [6, 6.07) is 17.2. The van der Waals surface area contributed by atoms with Gasteiger partial charge in [-0.05, 0) is 36.6 Å². The van der Waals surface area contributed by atoms with Crippen LogP contribution in [0.1, 0.15) is 43.9 Å². The van der Waals surface area contributed by atoms with Gasteiger partial charge in [-0.1, -0.05) is 49.7 Å². The number of hydrogen-bond donors (Lipinski definition) is 1. The van der Waals surface area contributed by atoms with E-state index in [0.717, 1.165) is 49.7 Å². The average Bonchev–Trinajstić information content (AvgIpc) is 2.73. The predicted molar refractivity (Wildman–Crippen MR) is 125 cm³/mol. The van der Waals surface area contributed by atoms with E-state index in [1.54, 1.807) is 0 Å². The van der Waals surface area contributed by atoms with Gasteiger partial charge in [-0.3, -0.25) is 4.90 Å². The Morgan fingerprint density at radius 3 is 2.31 bits per heavy atom. The van der Waals surface area contributed by atoms with E-state index in [1.807, 2.05) is 25.1 Å². The van der Waals surface area contributed by atoms with E-state index in [-0.39, 0.29) is 24.8 Å². The first kappa shape index (κ1) is 25.6. The van der Waals surface area contributed by atoms with Crippen LogP contribution in [-0.4, -0.2) is 37.7 Å². The van der Waals surface area contributed by atoms with Gasteiger partial charge < -0.3 is 14.8 Å². The number of piperazine rings is 1. The highest BCUT2D eigenvalue weighted by Crippen LogP contribution is 2.35. The Balaban J connectivity index is 0.00000210. The zero-order chi connectivity index (χ0) is 18.9. The van der Waals surface area contributed by atoms with Crippen LogP contribution in [0.5, 0.6) is 11.5 Å². The maximum atomic E-state index is 6.07. The topological polar surface area (TPSA) is 33.7 Å². The van der Waals surface area contributed by atoms with Gasteiger partial charge in [0.2, 0.25) is 0 Å². The molecule has 0 aromatic heterocycles. The summed E-state index contributed by atoms with van der Waals surface area (Å²) in [5, 5.41) is 3.45. The van der Waals surface area contributed by atoms with Crippen molar-refractivity contribution in [2.24, 2.45) is 0 Å². The molecular weight excluding hydrogens is 407 g/mol. The summed E-state index contributed by atoms with van der Waals surface area (Å²) in [7, 11) is 0. The zero-order valence-corrected chi connectivity index (χ0v) is 19.1. The minimum Gasteiger partial charge on any atom is -0.490 e. The van der Waals surface area contributed by atoms with Gasteiger partial charge in [-0.15, -0.1) is 24.8 Å². The Hall–Kier alpha value is -1.46. The third-order valence-electron chi connectivity index (χ3n) is 5.04. The van der Waals surface area contributed by atoms with Crippen LogP contribution in [0.4, 0.5) is 0 Å². The van der Waals surface area contributed by atoms with E-state index in [1.165, 1.54) is 12.0 Å². The lowest BCUT2D eigenvalue weighted by atomic mass is 9.99. The molecule has 1 N–H and O–H groups in total. The number of hydrogen-bond acceptors (Lipinski definition) is 4. The molecule has 0 unspecified atom stereocenters. The van der Waals surface area contributed by atoms with Crippen LogP contribution in [0, 0.1) is 0 Å². The van der Waals surface area contributed by atoms with Crippen molar-refractivity contribution in [2.75, 3.05) is 32.8 Å². The second-order valence-corrected chi connectivity index (χ2v) is 7.00. The zero-order valence-electron chi connectivity index (χ0n) is 17.4. The Morgan fingerprint density at radius 1 is 0.931 bits per heavy atom. The molecule has 1 heterocycles. The molecule has 6 heteroatoms. The van der Waals surface area contributed by atoms with Crippen molar-refractivity contribution >= 4 is 24.8 Å². The summed E-state index contributed by atoms with van der Waals surface area (Å²) in [5.74, 6) is 1.67. The molecule has 0 spiro atoms. The van der Waals surface area contributed by atoms with E-state index in [2.05, 4.69) is 47.5 Å². The maximum absolute atomic E-state index is 6.07. The molecule has 1 fully saturated rings. The van der Waals surface area contributed by atoms with Gasteiger partial charge in [0.25, 0.3) is 0 Å². The first-order valence-electron chi connectivity index (χ1n) is 10.2. The van der Waals surface area contributed by atoms with Crippen molar-refractivity contribution in [1.29, 1.82) is 0 Å². The van der Waals surface area contributed by atoms with Gasteiger partial charge in [0.05, 0.1) is 6.61 Å². The van der Waals surface area contributed by atoms with Crippen molar-refractivity contribution in [2.45, 2.75) is 39.3 Å². The van der Waals surface area contributed by atoms with Crippen LogP contribution < -0.4 is 14.8 Å². The molecule has 0 bridgehead atoms. The largest absolute Gasteiger partial charge is 0.490 e. The van der Waals surface area contributed by atoms with E-state index in [9.17, 15) is 0 Å². The minimum absolute atomic E-state index is 0. The van der Waals surface area contributed by atoms with Crippen molar-refractivity contribution in [3.8, 4) is 11.5 Å². The van der Waals surface area contributed by atoms with E-state index < -0.39 is 0 Å². The van der Waals surface area contributed by atoms with E-state index >= 15 is 0 Å². The van der Waals surface area contributed by atoms with Gasteiger partial charge in [0.15, 0.2) is 11.5 Å². The lowest BCUT2D eigenvalue weighted by molar-refractivity contribution is 0.164. The molecule has 0 aliphatic carbocycles. The number of benzene rings is 2. The van der Waals surface area contributed by atoms with Crippen molar-refractivity contribution in [3.63, 3.8) is 0 Å². The Labute approximate surface area is 187 Å². The molecule has 162 valence electrons. The number of halogens is 2. The normalized spacial score (nSPS) is 15.0. The third kappa shape index (κ3) is 7.38. The van der Waals surface area contributed by atoms with Crippen molar-refractivity contribution < 1.29 is 9.47 Å². The van der Waals surface area contributed by atoms with Crippen LogP contribution in [0.25, 0.3) is 0 Å². The molecule has 0 radical (unpaired) electrons. The fourth-order valence-corrected chi connectivity index (χ4v) is 3.68. The second-order valence-electron chi connectivity index (χ2n) is 7.00. The number of rotatable bonds is 9. The van der Waals surface area contributed by atoms with Gasteiger partial charge in [-0.2, -0.15) is 0 Å². The quantitative estimate of drug-likeness (QED) is 0.576. The summed E-state index contributed by atoms with van der Waals surface area (Å²) < 4.78 is 12.0. The van der Waals surface area contributed by atoms with Crippen molar-refractivity contribution in [1.82, 2.24) is 10.2 Å². The Morgan fingerprint density at radius 2 is 1.66 bits per heavy atom. The Kier molecular flexibility index (Phi) is 12.1. The molecule has 1 atom stereocenters. The lowest BCUT2D eigenvalue weighted by Gasteiger charge is -2.35. The average molecular weight is 441 g/mol. The molecule has 2 aromatic rings. The van der Waals surface area contributed by atoms with Crippen LogP contribution >= 0.6 is 24.8 Å². The standard InChI is InChI=1S/C23H32N2O2.2ClH/c1-3-8-21(25-15-13-24-14-16-25)20-11-12-22(23(17-20)26-4-2)27-18-19-9-6-5-7-10-19;;/h5-7,9-12,17,21,24H,3-4,8,13-16,18H2,1-2H3;2*1H/t21-;;/m0../s1. The first-order valence-corrected chi connectivity index (χ1v) is 10.2. The Bertz CT molecular complexity index is 695. The molecule has 29 heavy (non-hydrogen) atoms. The lowest BCUT2D eigenvalue weighted by Crippen LogP contribution is -2.45. The highest BCUT2D eigenvalue weighted by atomic mass is 35.5. The molecular formula is C23H34Cl2N2O2. The van der Waals surface area contributed by atoms with Crippen LogP contribution in [-0.2, 0) is 6.61 Å². The summed E-state index contributed by atoms with van der Waals surface area (Å²) in [6.07, 6.45) is 2.33. The molecule has 4 nitrogen and oxygen atoms in total. The molecule has 0 saturated carbocycles. The molecule has 1 aliphatic rings. The monoisotopic (exact) mass is 440 g/mol. The second kappa shape index (κ2) is 13.7. The number of ether oxygens (including phenoxy) is 2.